The molecule has 2 aromatic rings. The molecular weight excluding hydrogens is 510 g/mol. The van der Waals surface area contributed by atoms with Crippen molar-refractivity contribution in [2.75, 3.05) is 11.5 Å². The number of benzene rings is 2. The minimum absolute atomic E-state index is 0.0220. The van der Waals surface area contributed by atoms with E-state index in [-0.39, 0.29) is 50.0 Å². The number of oxime groups is 1. The molecule has 11 heteroatoms. The summed E-state index contributed by atoms with van der Waals surface area (Å²) in [5.41, 5.74) is -2.44. The minimum Gasteiger partial charge on any atom is -0.374 e. The molecule has 0 amide bonds. The Morgan fingerprint density at radius 3 is 2.34 bits per heavy atom. The summed E-state index contributed by atoms with van der Waals surface area (Å²) in [6.45, 7) is 0. The van der Waals surface area contributed by atoms with Gasteiger partial charge in [-0.3, -0.25) is 9.00 Å². The van der Waals surface area contributed by atoms with Gasteiger partial charge in [-0.15, -0.1) is 0 Å². The van der Waals surface area contributed by atoms with Crippen LogP contribution in [0.4, 0.5) is 13.2 Å². The van der Waals surface area contributed by atoms with Gasteiger partial charge in [0.05, 0.1) is 10.7 Å². The highest BCUT2D eigenvalue weighted by Gasteiger charge is 2.62. The van der Waals surface area contributed by atoms with E-state index in [1.54, 1.807) is 0 Å². The van der Waals surface area contributed by atoms with Crippen molar-refractivity contribution in [2.45, 2.75) is 24.6 Å². The maximum absolute atomic E-state index is 14.1. The van der Waals surface area contributed by atoms with E-state index in [1.807, 2.05) is 0 Å². The number of rotatable bonds is 5. The van der Waals surface area contributed by atoms with Gasteiger partial charge in [-0.1, -0.05) is 46.0 Å². The summed E-state index contributed by atoms with van der Waals surface area (Å²) < 4.78 is 53.5. The highest BCUT2D eigenvalue weighted by molar-refractivity contribution is 7.86. The van der Waals surface area contributed by atoms with Crippen LogP contribution in [0.1, 0.15) is 34.3 Å². The van der Waals surface area contributed by atoms with Crippen LogP contribution in [0.15, 0.2) is 41.6 Å². The van der Waals surface area contributed by atoms with Crippen LogP contribution in [-0.4, -0.2) is 33.4 Å². The van der Waals surface area contributed by atoms with Gasteiger partial charge < -0.3 is 4.84 Å². The number of hydrogen-bond donors (Lipinski definition) is 0. The molecule has 2 heterocycles. The quantitative estimate of drug-likeness (QED) is 0.439. The molecule has 170 valence electrons. The lowest BCUT2D eigenvalue weighted by molar-refractivity contribution is -0.275. The summed E-state index contributed by atoms with van der Waals surface area (Å²) in [6.07, 6.45) is -5.21. The fourth-order valence-electron chi connectivity index (χ4n) is 3.73. The van der Waals surface area contributed by atoms with E-state index in [1.165, 1.54) is 24.3 Å². The second-order valence-corrected chi connectivity index (χ2v) is 10.6. The van der Waals surface area contributed by atoms with Gasteiger partial charge in [0.25, 0.3) is 5.60 Å². The molecule has 1 fully saturated rings. The van der Waals surface area contributed by atoms with Gasteiger partial charge in [0.15, 0.2) is 5.78 Å². The maximum Gasteiger partial charge on any atom is 0.435 e. The Morgan fingerprint density at radius 1 is 1.12 bits per heavy atom. The SMILES string of the molecule is O=C(CC1CS(=O)C1)c1ccc(C2=NO[C@@](c3cc(Cl)cc(Cl)c3)(C(F)(F)F)C2)cc1Cl. The smallest absolute Gasteiger partial charge is 0.374 e. The third-order valence-corrected chi connectivity index (χ3v) is 7.87. The first-order valence-electron chi connectivity index (χ1n) is 9.45. The van der Waals surface area contributed by atoms with Crippen LogP contribution < -0.4 is 0 Å². The molecular formula is C21H15Cl3F3NO3S. The van der Waals surface area contributed by atoms with Gasteiger partial charge in [0.2, 0.25) is 0 Å². The summed E-state index contributed by atoms with van der Waals surface area (Å²) in [5, 5.41) is 3.87. The zero-order valence-electron chi connectivity index (χ0n) is 16.2. The molecule has 0 unspecified atom stereocenters. The lowest BCUT2D eigenvalue weighted by Gasteiger charge is -2.29. The summed E-state index contributed by atoms with van der Waals surface area (Å²) in [5.74, 6) is 0.834. The average molecular weight is 525 g/mol. The predicted molar refractivity (Wildman–Crippen MR) is 118 cm³/mol. The van der Waals surface area contributed by atoms with Crippen LogP contribution in [0.2, 0.25) is 15.1 Å². The zero-order valence-corrected chi connectivity index (χ0v) is 19.3. The molecule has 0 N–H and O–H groups in total. The van der Waals surface area contributed by atoms with E-state index in [2.05, 4.69) is 5.16 Å². The highest BCUT2D eigenvalue weighted by atomic mass is 35.5. The predicted octanol–water partition coefficient (Wildman–Crippen LogP) is 6.18. The third kappa shape index (κ3) is 4.42. The van der Waals surface area contributed by atoms with Crippen LogP contribution in [0.25, 0.3) is 0 Å². The summed E-state index contributed by atoms with van der Waals surface area (Å²) in [7, 11) is -0.863. The first-order valence-corrected chi connectivity index (χ1v) is 12.1. The van der Waals surface area contributed by atoms with E-state index in [4.69, 9.17) is 39.6 Å². The molecule has 0 aromatic heterocycles. The molecule has 0 spiro atoms. The van der Waals surface area contributed by atoms with Crippen molar-refractivity contribution in [1.82, 2.24) is 0 Å². The van der Waals surface area contributed by atoms with Crippen molar-refractivity contribution in [3.8, 4) is 0 Å². The molecule has 2 aliphatic heterocycles. The van der Waals surface area contributed by atoms with E-state index in [0.29, 0.717) is 17.1 Å². The second kappa shape index (κ2) is 8.63. The largest absolute Gasteiger partial charge is 0.435 e. The van der Waals surface area contributed by atoms with Crippen LogP contribution in [0, 0.1) is 5.92 Å². The van der Waals surface area contributed by atoms with Gasteiger partial charge in [-0.05, 0) is 36.2 Å². The topological polar surface area (TPSA) is 55.7 Å². The molecule has 0 radical (unpaired) electrons. The van der Waals surface area contributed by atoms with Crippen LogP contribution in [0.5, 0.6) is 0 Å². The molecule has 2 aliphatic rings. The summed E-state index contributed by atoms with van der Waals surface area (Å²) in [4.78, 5) is 17.5. The summed E-state index contributed by atoms with van der Waals surface area (Å²) in [6, 6.07) is 7.94. The fourth-order valence-corrected chi connectivity index (χ4v) is 5.73. The van der Waals surface area contributed by atoms with Gasteiger partial charge in [0, 0.05) is 61.9 Å². The lowest BCUT2D eigenvalue weighted by atomic mass is 9.86. The van der Waals surface area contributed by atoms with Crippen molar-refractivity contribution in [3.63, 3.8) is 0 Å². The molecule has 0 aliphatic carbocycles. The standard InChI is InChI=1S/C21H15Cl3F3NO3S/c22-14-5-13(6-15(23)7-14)20(21(25,26)27)8-18(28-31-20)12-1-2-16(17(24)4-12)19(29)3-11-9-32(30)10-11/h1-2,4-7,11H,3,8-10H2/t11?,20-,32?/m0/s1. The number of halogens is 6. The van der Waals surface area contributed by atoms with E-state index in [0.717, 1.165) is 12.1 Å². The zero-order chi connectivity index (χ0) is 23.3. The van der Waals surface area contributed by atoms with Gasteiger partial charge in [0.1, 0.15) is 0 Å². The molecule has 32 heavy (non-hydrogen) atoms. The Hall–Kier alpha value is -1.61. The van der Waals surface area contributed by atoms with E-state index >= 15 is 0 Å². The average Bonchev–Trinajstić information content (AvgIpc) is 3.12. The van der Waals surface area contributed by atoms with Crippen molar-refractivity contribution < 1.29 is 27.0 Å². The number of carbonyl (C=O) groups is 1. The first-order chi connectivity index (χ1) is 15.0. The number of alkyl halides is 3. The molecule has 1 saturated heterocycles. The Kier molecular flexibility index (Phi) is 6.35. The van der Waals surface area contributed by atoms with E-state index in [9.17, 15) is 22.2 Å². The second-order valence-electron chi connectivity index (χ2n) is 7.75. The molecule has 2 aromatic carbocycles. The van der Waals surface area contributed by atoms with Crippen molar-refractivity contribution >= 4 is 57.1 Å². The highest BCUT2D eigenvalue weighted by Crippen LogP contribution is 2.49. The van der Waals surface area contributed by atoms with Crippen molar-refractivity contribution in [1.29, 1.82) is 0 Å². The lowest BCUT2D eigenvalue weighted by Crippen LogP contribution is -2.42. The minimum atomic E-state index is -4.81. The number of nitrogens with zero attached hydrogens (tertiary/aromatic N) is 1. The Balaban J connectivity index is 1.59. The molecule has 4 nitrogen and oxygen atoms in total. The van der Waals surface area contributed by atoms with Crippen molar-refractivity contribution in [2.24, 2.45) is 11.1 Å². The van der Waals surface area contributed by atoms with Gasteiger partial charge >= 0.3 is 6.18 Å². The number of hydrogen-bond acceptors (Lipinski definition) is 4. The van der Waals surface area contributed by atoms with Gasteiger partial charge in [-0.2, -0.15) is 13.2 Å². The molecule has 4 rings (SSSR count). The first kappa shape index (κ1) is 23.5. The maximum atomic E-state index is 14.1. The Morgan fingerprint density at radius 2 is 1.78 bits per heavy atom. The fraction of sp³-hybridized carbons (Fsp3) is 0.333. The third-order valence-electron chi connectivity index (χ3n) is 5.43. The number of Topliss-reactive ketones (excluding diaryl/α,β-unsaturated/α-hetero) is 1. The summed E-state index contributed by atoms with van der Waals surface area (Å²) >= 11 is 18.1. The number of carbonyl (C=O) groups excluding carboxylic acids is 1. The Labute approximate surface area is 199 Å². The van der Waals surface area contributed by atoms with Crippen LogP contribution in [-0.2, 0) is 21.2 Å². The number of ketones is 1. The molecule has 0 saturated carbocycles. The normalized spacial score (nSPS) is 25.1. The van der Waals surface area contributed by atoms with E-state index < -0.39 is 29.0 Å². The van der Waals surface area contributed by atoms with Crippen LogP contribution in [0.3, 0.4) is 0 Å². The molecule has 0 bridgehead atoms. The molecule has 1 atom stereocenters. The van der Waals surface area contributed by atoms with Crippen molar-refractivity contribution in [3.05, 3.63) is 68.2 Å². The monoisotopic (exact) mass is 523 g/mol. The Bertz CT molecular complexity index is 1130. The van der Waals surface area contributed by atoms with Crippen LogP contribution >= 0.6 is 34.8 Å². The van der Waals surface area contributed by atoms with Gasteiger partial charge in [-0.25, -0.2) is 0 Å².